The standard InChI is InChI=1S/C29H31NO8S/c1-29(2,3)18-37-39(34,35)38-20-14-12-19(13-15-20)16-26(27(31)32)30-28(33)36-17-25-23-10-6-4-8-21(23)22-9-5-7-11-24(22)25/h4-15,25-26H,16-18H2,1-3H3,(H,30,33)(H,31,32)/t26-/m0/s1. The molecule has 0 aliphatic heterocycles. The number of hydrogen-bond donors (Lipinski definition) is 2. The Labute approximate surface area is 228 Å². The summed E-state index contributed by atoms with van der Waals surface area (Å²) in [7, 11) is -4.25. The molecule has 0 spiro atoms. The number of amides is 1. The Balaban J connectivity index is 1.34. The number of fused-ring (bicyclic) bond motifs is 3. The minimum atomic E-state index is -4.25. The van der Waals surface area contributed by atoms with Gasteiger partial charge < -0.3 is 19.3 Å². The fourth-order valence-electron chi connectivity index (χ4n) is 4.29. The first kappa shape index (κ1) is 28.1. The maximum absolute atomic E-state index is 12.6. The predicted octanol–water partition coefficient (Wildman–Crippen LogP) is 4.91. The van der Waals surface area contributed by atoms with Crippen molar-refractivity contribution >= 4 is 22.5 Å². The van der Waals surface area contributed by atoms with Gasteiger partial charge in [0.05, 0.1) is 6.61 Å². The molecule has 1 amide bonds. The normalized spacial score (nSPS) is 13.7. The fraction of sp³-hybridized carbons (Fsp3) is 0.310. The number of aliphatic carboxylic acids is 1. The highest BCUT2D eigenvalue weighted by Gasteiger charge is 2.30. The van der Waals surface area contributed by atoms with Crippen molar-refractivity contribution in [1.82, 2.24) is 5.32 Å². The zero-order chi connectivity index (χ0) is 28.2. The molecule has 0 aromatic heterocycles. The molecule has 3 aromatic rings. The van der Waals surface area contributed by atoms with Gasteiger partial charge in [0.25, 0.3) is 0 Å². The molecular formula is C29H31NO8S. The van der Waals surface area contributed by atoms with E-state index in [1.807, 2.05) is 69.3 Å². The number of carbonyl (C=O) groups is 2. The SMILES string of the molecule is CC(C)(C)COS(=O)(=O)Oc1ccc(C[C@H](NC(=O)OCC2c3ccccc3-c3ccccc32)C(=O)O)cc1. The van der Waals surface area contributed by atoms with Crippen molar-refractivity contribution in [2.75, 3.05) is 13.2 Å². The number of carboxylic acids is 1. The number of ether oxygens (including phenoxy) is 1. The molecule has 0 bridgehead atoms. The summed E-state index contributed by atoms with van der Waals surface area (Å²) in [4.78, 5) is 24.4. The Kier molecular flexibility index (Phi) is 8.27. The molecule has 39 heavy (non-hydrogen) atoms. The average Bonchev–Trinajstić information content (AvgIpc) is 3.20. The molecule has 4 rings (SSSR count). The van der Waals surface area contributed by atoms with E-state index < -0.39 is 28.5 Å². The molecule has 1 aliphatic carbocycles. The second-order valence-corrected chi connectivity index (χ2v) is 11.7. The van der Waals surface area contributed by atoms with E-state index in [0.717, 1.165) is 22.3 Å². The Morgan fingerprint density at radius 3 is 2.03 bits per heavy atom. The van der Waals surface area contributed by atoms with Crippen LogP contribution in [-0.4, -0.2) is 44.8 Å². The van der Waals surface area contributed by atoms with Gasteiger partial charge >= 0.3 is 22.5 Å². The van der Waals surface area contributed by atoms with Gasteiger partial charge in [0.15, 0.2) is 0 Å². The largest absolute Gasteiger partial charge is 0.480 e. The van der Waals surface area contributed by atoms with Crippen molar-refractivity contribution in [1.29, 1.82) is 0 Å². The number of nitrogens with one attached hydrogen (secondary N) is 1. The van der Waals surface area contributed by atoms with Crippen molar-refractivity contribution in [2.24, 2.45) is 5.41 Å². The summed E-state index contributed by atoms with van der Waals surface area (Å²) in [5, 5.41) is 12.1. The number of hydrogen-bond acceptors (Lipinski definition) is 7. The first-order valence-electron chi connectivity index (χ1n) is 12.4. The molecule has 206 valence electrons. The smallest absolute Gasteiger partial charge is 0.449 e. The van der Waals surface area contributed by atoms with E-state index in [-0.39, 0.29) is 36.7 Å². The van der Waals surface area contributed by atoms with E-state index in [2.05, 4.69) is 5.32 Å². The van der Waals surface area contributed by atoms with Gasteiger partial charge in [0.2, 0.25) is 0 Å². The monoisotopic (exact) mass is 553 g/mol. The second-order valence-electron chi connectivity index (χ2n) is 10.5. The molecule has 0 heterocycles. The van der Waals surface area contributed by atoms with Crippen LogP contribution in [0.4, 0.5) is 4.79 Å². The lowest BCUT2D eigenvalue weighted by molar-refractivity contribution is -0.139. The van der Waals surface area contributed by atoms with E-state index in [4.69, 9.17) is 13.1 Å². The summed E-state index contributed by atoms with van der Waals surface area (Å²) in [6.45, 7) is 5.49. The Morgan fingerprint density at radius 1 is 0.923 bits per heavy atom. The summed E-state index contributed by atoms with van der Waals surface area (Å²) in [6, 6.07) is 20.4. The lowest BCUT2D eigenvalue weighted by Crippen LogP contribution is -2.42. The van der Waals surface area contributed by atoms with Crippen molar-refractivity contribution in [3.05, 3.63) is 89.5 Å². The molecule has 1 aliphatic rings. The Morgan fingerprint density at radius 2 is 1.49 bits per heavy atom. The first-order valence-corrected chi connectivity index (χ1v) is 13.8. The minimum absolute atomic E-state index is 0.0176. The number of benzene rings is 3. The molecule has 0 unspecified atom stereocenters. The average molecular weight is 554 g/mol. The maximum Gasteiger partial charge on any atom is 0.449 e. The topological polar surface area (TPSA) is 128 Å². The molecule has 10 heteroatoms. The molecule has 9 nitrogen and oxygen atoms in total. The van der Waals surface area contributed by atoms with Gasteiger partial charge in [0, 0.05) is 12.3 Å². The predicted molar refractivity (Wildman–Crippen MR) is 145 cm³/mol. The number of alkyl carbamates (subject to hydrolysis) is 1. The van der Waals surface area contributed by atoms with Crippen LogP contribution in [0.5, 0.6) is 5.75 Å². The van der Waals surface area contributed by atoms with Crippen LogP contribution in [0.1, 0.15) is 43.4 Å². The molecule has 3 aromatic carbocycles. The number of carbonyl (C=O) groups excluding carboxylic acids is 1. The summed E-state index contributed by atoms with van der Waals surface area (Å²) in [6.07, 6.45) is -0.890. The van der Waals surface area contributed by atoms with Crippen molar-refractivity contribution in [3.8, 4) is 16.9 Å². The van der Waals surface area contributed by atoms with Gasteiger partial charge in [-0.3, -0.25) is 0 Å². The molecule has 0 radical (unpaired) electrons. The third-order valence-electron chi connectivity index (χ3n) is 6.13. The van der Waals surface area contributed by atoms with Crippen LogP contribution in [0.2, 0.25) is 0 Å². The van der Waals surface area contributed by atoms with Crippen LogP contribution < -0.4 is 9.50 Å². The number of carboxylic acid groups (broad SMARTS) is 1. The van der Waals surface area contributed by atoms with Gasteiger partial charge in [0.1, 0.15) is 18.4 Å². The molecule has 1 atom stereocenters. The van der Waals surface area contributed by atoms with Gasteiger partial charge in [-0.2, -0.15) is 8.42 Å². The van der Waals surface area contributed by atoms with E-state index in [1.54, 1.807) is 0 Å². The maximum atomic E-state index is 12.6. The van der Waals surface area contributed by atoms with Gasteiger partial charge in [-0.1, -0.05) is 81.4 Å². The van der Waals surface area contributed by atoms with Crippen LogP contribution in [0.25, 0.3) is 11.1 Å². The van der Waals surface area contributed by atoms with Crippen molar-refractivity contribution < 1.29 is 36.2 Å². The van der Waals surface area contributed by atoms with Crippen molar-refractivity contribution in [2.45, 2.75) is 39.2 Å². The summed E-state index contributed by atoms with van der Waals surface area (Å²) in [5.74, 6) is -1.37. The highest BCUT2D eigenvalue weighted by atomic mass is 32.3. The zero-order valence-corrected chi connectivity index (χ0v) is 22.7. The van der Waals surface area contributed by atoms with Gasteiger partial charge in [-0.25, -0.2) is 13.8 Å². The highest BCUT2D eigenvalue weighted by molar-refractivity contribution is 7.82. The Hall–Kier alpha value is -3.89. The minimum Gasteiger partial charge on any atom is -0.480 e. The number of rotatable bonds is 10. The zero-order valence-electron chi connectivity index (χ0n) is 21.9. The lowest BCUT2D eigenvalue weighted by Gasteiger charge is -2.18. The van der Waals surface area contributed by atoms with E-state index in [0.29, 0.717) is 5.56 Å². The second kappa shape index (κ2) is 11.5. The van der Waals surface area contributed by atoms with E-state index in [1.165, 1.54) is 24.3 Å². The van der Waals surface area contributed by atoms with E-state index in [9.17, 15) is 23.1 Å². The van der Waals surface area contributed by atoms with Crippen LogP contribution in [0, 0.1) is 5.41 Å². The highest BCUT2D eigenvalue weighted by Crippen LogP contribution is 2.44. The molecular weight excluding hydrogens is 522 g/mol. The van der Waals surface area contributed by atoms with E-state index >= 15 is 0 Å². The van der Waals surface area contributed by atoms with Gasteiger partial charge in [-0.05, 0) is 45.4 Å². The first-order chi connectivity index (χ1) is 18.4. The third-order valence-corrected chi connectivity index (χ3v) is 6.93. The molecule has 0 saturated carbocycles. The van der Waals surface area contributed by atoms with Crippen LogP contribution >= 0.6 is 0 Å². The van der Waals surface area contributed by atoms with Gasteiger partial charge in [-0.15, -0.1) is 0 Å². The Bertz CT molecular complexity index is 1400. The van der Waals surface area contributed by atoms with Crippen LogP contribution in [-0.2, 0) is 30.5 Å². The molecule has 2 N–H and O–H groups in total. The lowest BCUT2D eigenvalue weighted by atomic mass is 9.98. The van der Waals surface area contributed by atoms with Crippen molar-refractivity contribution in [3.63, 3.8) is 0 Å². The van der Waals surface area contributed by atoms with Crippen LogP contribution in [0.15, 0.2) is 72.8 Å². The molecule has 0 saturated heterocycles. The summed E-state index contributed by atoms with van der Waals surface area (Å²) >= 11 is 0. The fourth-order valence-corrected chi connectivity index (χ4v) is 5.18. The quantitative estimate of drug-likeness (QED) is 0.363. The third kappa shape index (κ3) is 7.36. The summed E-state index contributed by atoms with van der Waals surface area (Å²) in [5.41, 5.74) is 4.45. The van der Waals surface area contributed by atoms with Crippen LogP contribution in [0.3, 0.4) is 0 Å². The molecule has 0 fully saturated rings. The summed E-state index contributed by atoms with van der Waals surface area (Å²) < 4.78 is 39.3.